The second-order valence-electron chi connectivity index (χ2n) is 4.86. The third-order valence-electron chi connectivity index (χ3n) is 3.34. The lowest BCUT2D eigenvalue weighted by Gasteiger charge is -2.12. The molecular formula is C13H17N5O3. The molecule has 0 aromatic carbocycles. The molecule has 0 aliphatic rings. The van der Waals surface area contributed by atoms with E-state index in [0.717, 1.165) is 17.0 Å². The van der Waals surface area contributed by atoms with Crippen molar-refractivity contribution in [2.75, 3.05) is 0 Å². The van der Waals surface area contributed by atoms with E-state index in [2.05, 4.69) is 20.4 Å². The summed E-state index contributed by atoms with van der Waals surface area (Å²) >= 11 is 0. The Labute approximate surface area is 121 Å². The number of nitrogens with zero attached hydrogens (tertiary/aromatic N) is 4. The molecule has 1 atom stereocenters. The SMILES string of the molecule is Cc1nc2ncnn2c(C)c1CCC(=O)N[C@H](C)C(=O)O. The summed E-state index contributed by atoms with van der Waals surface area (Å²) in [4.78, 5) is 30.8. The molecule has 0 fully saturated rings. The van der Waals surface area contributed by atoms with Gasteiger partial charge >= 0.3 is 5.97 Å². The first-order chi connectivity index (χ1) is 9.90. The van der Waals surface area contributed by atoms with Gasteiger partial charge in [-0.05, 0) is 32.8 Å². The Balaban J connectivity index is 2.10. The molecule has 2 N–H and O–H groups in total. The van der Waals surface area contributed by atoms with Crippen molar-refractivity contribution >= 4 is 17.7 Å². The van der Waals surface area contributed by atoms with E-state index in [0.29, 0.717) is 12.2 Å². The van der Waals surface area contributed by atoms with E-state index in [-0.39, 0.29) is 12.3 Å². The number of rotatable bonds is 5. The highest BCUT2D eigenvalue weighted by atomic mass is 16.4. The average molecular weight is 291 g/mol. The predicted molar refractivity (Wildman–Crippen MR) is 73.8 cm³/mol. The zero-order chi connectivity index (χ0) is 15.6. The van der Waals surface area contributed by atoms with E-state index >= 15 is 0 Å². The van der Waals surface area contributed by atoms with Crippen LogP contribution in [-0.2, 0) is 16.0 Å². The summed E-state index contributed by atoms with van der Waals surface area (Å²) in [5.74, 6) is -0.832. The zero-order valence-corrected chi connectivity index (χ0v) is 12.1. The van der Waals surface area contributed by atoms with Crippen LogP contribution in [0.4, 0.5) is 0 Å². The molecule has 0 aliphatic heterocycles. The van der Waals surface area contributed by atoms with Crippen LogP contribution in [0.15, 0.2) is 6.33 Å². The molecule has 8 heteroatoms. The van der Waals surface area contributed by atoms with Gasteiger partial charge in [0.1, 0.15) is 12.4 Å². The van der Waals surface area contributed by atoms with Gasteiger partial charge < -0.3 is 10.4 Å². The Kier molecular flexibility index (Phi) is 4.15. The molecule has 2 rings (SSSR count). The fourth-order valence-corrected chi connectivity index (χ4v) is 2.13. The van der Waals surface area contributed by atoms with Crippen molar-refractivity contribution in [1.82, 2.24) is 24.9 Å². The van der Waals surface area contributed by atoms with Crippen LogP contribution in [0.25, 0.3) is 5.78 Å². The van der Waals surface area contributed by atoms with E-state index < -0.39 is 12.0 Å². The lowest BCUT2D eigenvalue weighted by Crippen LogP contribution is -2.38. The number of hydrogen-bond donors (Lipinski definition) is 2. The average Bonchev–Trinajstić information content (AvgIpc) is 2.86. The van der Waals surface area contributed by atoms with Gasteiger partial charge in [0.15, 0.2) is 0 Å². The number of carboxylic acids is 1. The van der Waals surface area contributed by atoms with Crippen LogP contribution in [0.3, 0.4) is 0 Å². The Morgan fingerprint density at radius 2 is 2.14 bits per heavy atom. The fourth-order valence-electron chi connectivity index (χ4n) is 2.13. The molecular weight excluding hydrogens is 274 g/mol. The van der Waals surface area contributed by atoms with Gasteiger partial charge in [-0.15, -0.1) is 0 Å². The summed E-state index contributed by atoms with van der Waals surface area (Å²) in [5.41, 5.74) is 2.60. The molecule has 21 heavy (non-hydrogen) atoms. The van der Waals surface area contributed by atoms with Crippen molar-refractivity contribution in [2.45, 2.75) is 39.7 Å². The maximum atomic E-state index is 11.7. The van der Waals surface area contributed by atoms with Gasteiger partial charge in [0.2, 0.25) is 5.91 Å². The standard InChI is InChI=1S/C13H17N5O3/c1-7-10(4-5-11(19)16-8(2)12(20)21)9(3)18-13(17-7)14-6-15-18/h6,8H,4-5H2,1-3H3,(H,16,19)(H,20,21)/t8-/m1/s1. The van der Waals surface area contributed by atoms with E-state index in [1.54, 1.807) is 4.52 Å². The van der Waals surface area contributed by atoms with Gasteiger partial charge in [-0.1, -0.05) is 0 Å². The van der Waals surface area contributed by atoms with E-state index in [9.17, 15) is 9.59 Å². The number of nitrogens with one attached hydrogen (secondary N) is 1. The minimum atomic E-state index is -1.05. The maximum absolute atomic E-state index is 11.7. The van der Waals surface area contributed by atoms with E-state index in [1.165, 1.54) is 13.3 Å². The third-order valence-corrected chi connectivity index (χ3v) is 3.34. The maximum Gasteiger partial charge on any atom is 0.325 e. The number of hydrogen-bond acceptors (Lipinski definition) is 5. The summed E-state index contributed by atoms with van der Waals surface area (Å²) in [6.07, 6.45) is 2.10. The second kappa shape index (κ2) is 5.86. The van der Waals surface area contributed by atoms with E-state index in [4.69, 9.17) is 5.11 Å². The topological polar surface area (TPSA) is 109 Å². The number of aryl methyl sites for hydroxylation is 2. The minimum absolute atomic E-state index is 0.196. The van der Waals surface area contributed by atoms with Crippen LogP contribution in [-0.4, -0.2) is 42.6 Å². The molecule has 0 saturated heterocycles. The van der Waals surface area contributed by atoms with Crippen LogP contribution in [0.1, 0.15) is 30.3 Å². The molecule has 0 spiro atoms. The number of carbonyl (C=O) groups is 2. The van der Waals surface area contributed by atoms with Crippen molar-refractivity contribution in [3.63, 3.8) is 0 Å². The number of aromatic nitrogens is 4. The first-order valence-electron chi connectivity index (χ1n) is 6.58. The van der Waals surface area contributed by atoms with Crippen molar-refractivity contribution in [3.05, 3.63) is 23.3 Å². The van der Waals surface area contributed by atoms with Crippen LogP contribution in [0.2, 0.25) is 0 Å². The number of carbonyl (C=O) groups excluding carboxylic acids is 1. The lowest BCUT2D eigenvalue weighted by molar-refractivity contribution is -0.141. The van der Waals surface area contributed by atoms with Crippen molar-refractivity contribution in [1.29, 1.82) is 0 Å². The van der Waals surface area contributed by atoms with Crippen LogP contribution in [0, 0.1) is 13.8 Å². The van der Waals surface area contributed by atoms with Crippen molar-refractivity contribution in [2.24, 2.45) is 0 Å². The molecule has 0 aliphatic carbocycles. The molecule has 0 radical (unpaired) electrons. The van der Waals surface area contributed by atoms with Gasteiger partial charge in [0.25, 0.3) is 5.78 Å². The van der Waals surface area contributed by atoms with Crippen molar-refractivity contribution in [3.8, 4) is 0 Å². The normalized spacial score (nSPS) is 12.3. The molecule has 112 valence electrons. The first kappa shape index (κ1) is 14.9. The van der Waals surface area contributed by atoms with Gasteiger partial charge in [-0.25, -0.2) is 9.50 Å². The highest BCUT2D eigenvalue weighted by Crippen LogP contribution is 2.14. The minimum Gasteiger partial charge on any atom is -0.480 e. The summed E-state index contributed by atoms with van der Waals surface area (Å²) in [7, 11) is 0. The van der Waals surface area contributed by atoms with Crippen LogP contribution < -0.4 is 5.32 Å². The molecule has 0 bridgehead atoms. The Hall–Kier alpha value is -2.51. The Morgan fingerprint density at radius 1 is 1.43 bits per heavy atom. The number of carboxylic acid groups (broad SMARTS) is 1. The van der Waals surface area contributed by atoms with E-state index in [1.807, 2.05) is 13.8 Å². The molecule has 1 amide bonds. The van der Waals surface area contributed by atoms with Crippen LogP contribution >= 0.6 is 0 Å². The largest absolute Gasteiger partial charge is 0.480 e. The highest BCUT2D eigenvalue weighted by Gasteiger charge is 2.16. The summed E-state index contributed by atoms with van der Waals surface area (Å²) < 4.78 is 1.63. The molecule has 0 saturated carbocycles. The van der Waals surface area contributed by atoms with Gasteiger partial charge in [0, 0.05) is 17.8 Å². The van der Waals surface area contributed by atoms with Crippen molar-refractivity contribution < 1.29 is 14.7 Å². The fraction of sp³-hybridized carbons (Fsp3) is 0.462. The zero-order valence-electron chi connectivity index (χ0n) is 12.1. The predicted octanol–water partition coefficient (Wildman–Crippen LogP) is 0.263. The molecule has 0 unspecified atom stereocenters. The summed E-state index contributed by atoms with van der Waals surface area (Å²) in [5, 5.41) is 15.3. The van der Waals surface area contributed by atoms with Gasteiger partial charge in [0.05, 0.1) is 0 Å². The lowest BCUT2D eigenvalue weighted by atomic mass is 10.1. The molecule has 2 aromatic rings. The smallest absolute Gasteiger partial charge is 0.325 e. The molecule has 2 heterocycles. The number of aliphatic carboxylic acids is 1. The highest BCUT2D eigenvalue weighted by molar-refractivity contribution is 5.83. The van der Waals surface area contributed by atoms with Crippen LogP contribution in [0.5, 0.6) is 0 Å². The first-order valence-corrected chi connectivity index (χ1v) is 6.58. The molecule has 2 aromatic heterocycles. The Bertz CT molecular complexity index is 694. The quantitative estimate of drug-likeness (QED) is 0.818. The number of fused-ring (bicyclic) bond motifs is 1. The summed E-state index contributed by atoms with van der Waals surface area (Å²) in [6.45, 7) is 5.18. The number of amides is 1. The van der Waals surface area contributed by atoms with Gasteiger partial charge in [-0.3, -0.25) is 9.59 Å². The second-order valence-corrected chi connectivity index (χ2v) is 4.86. The van der Waals surface area contributed by atoms with Gasteiger partial charge in [-0.2, -0.15) is 10.1 Å². The molecule has 8 nitrogen and oxygen atoms in total. The monoisotopic (exact) mass is 291 g/mol. The third kappa shape index (κ3) is 3.15. The Morgan fingerprint density at radius 3 is 2.81 bits per heavy atom. The summed E-state index contributed by atoms with van der Waals surface area (Å²) in [6, 6.07) is -0.893.